The minimum absolute atomic E-state index is 0.457. The van der Waals surface area contributed by atoms with Crippen molar-refractivity contribution in [3.63, 3.8) is 0 Å². The highest BCUT2D eigenvalue weighted by Gasteiger charge is 2.18. The Morgan fingerprint density at radius 2 is 2.40 bits per heavy atom. The maximum atomic E-state index is 5.72. The highest BCUT2D eigenvalue weighted by Crippen LogP contribution is 2.12. The third kappa shape index (κ3) is 1.94. The average molecular weight is 144 g/mol. The van der Waals surface area contributed by atoms with Crippen LogP contribution in [0.2, 0.25) is 0 Å². The highest BCUT2D eigenvalue weighted by atomic mass is 16.5. The summed E-state index contributed by atoms with van der Waals surface area (Å²) in [6, 6.07) is 0.457. The van der Waals surface area contributed by atoms with Gasteiger partial charge in [-0.1, -0.05) is 6.42 Å². The van der Waals surface area contributed by atoms with Gasteiger partial charge in [-0.2, -0.15) is 0 Å². The van der Waals surface area contributed by atoms with Crippen LogP contribution in [0.25, 0.3) is 0 Å². The number of nitrogens with zero attached hydrogens (tertiary/aromatic N) is 1. The fourth-order valence-electron chi connectivity index (χ4n) is 1.39. The highest BCUT2D eigenvalue weighted by molar-refractivity contribution is 4.71. The molecule has 0 aromatic carbocycles. The molecule has 0 unspecified atom stereocenters. The molecule has 1 saturated heterocycles. The van der Waals surface area contributed by atoms with Crippen molar-refractivity contribution in [1.82, 2.24) is 5.01 Å². The zero-order valence-electron chi connectivity index (χ0n) is 6.55. The third-order valence-corrected chi connectivity index (χ3v) is 2.03. The van der Waals surface area contributed by atoms with Crippen molar-refractivity contribution in [3.05, 3.63) is 0 Å². The Morgan fingerprint density at radius 1 is 1.60 bits per heavy atom. The molecule has 0 aliphatic carbocycles. The number of hydrogen-bond donors (Lipinski definition) is 1. The van der Waals surface area contributed by atoms with Crippen LogP contribution in [0, 0.1) is 0 Å². The molecule has 1 aliphatic heterocycles. The summed E-state index contributed by atoms with van der Waals surface area (Å²) in [6.07, 6.45) is 3.71. The Kier molecular flexibility index (Phi) is 3.12. The van der Waals surface area contributed by atoms with Gasteiger partial charge in [0.25, 0.3) is 0 Å². The number of methoxy groups -OCH3 is 1. The number of rotatable bonds is 2. The standard InChI is InChI=1S/C7H16N2O/c1-10-6-7-4-2-3-5-9(7)8/h7H,2-6,8H2,1H3/t7-/m1/s1. The molecule has 1 fully saturated rings. The summed E-state index contributed by atoms with van der Waals surface area (Å²) in [5, 5.41) is 1.90. The first-order valence-electron chi connectivity index (χ1n) is 3.85. The van der Waals surface area contributed by atoms with Crippen molar-refractivity contribution in [2.24, 2.45) is 5.84 Å². The second kappa shape index (κ2) is 3.91. The van der Waals surface area contributed by atoms with Crippen LogP contribution in [0.4, 0.5) is 0 Å². The van der Waals surface area contributed by atoms with E-state index in [2.05, 4.69) is 0 Å². The Morgan fingerprint density at radius 3 is 3.00 bits per heavy atom. The zero-order valence-corrected chi connectivity index (χ0v) is 6.55. The number of piperidine rings is 1. The van der Waals surface area contributed by atoms with E-state index >= 15 is 0 Å². The van der Waals surface area contributed by atoms with Crippen molar-refractivity contribution in [3.8, 4) is 0 Å². The van der Waals surface area contributed by atoms with Crippen molar-refractivity contribution >= 4 is 0 Å². The predicted molar refractivity (Wildman–Crippen MR) is 40.4 cm³/mol. The fourth-order valence-corrected chi connectivity index (χ4v) is 1.39. The van der Waals surface area contributed by atoms with Crippen LogP contribution in [0.5, 0.6) is 0 Å². The topological polar surface area (TPSA) is 38.5 Å². The Labute approximate surface area is 62.1 Å². The van der Waals surface area contributed by atoms with Crippen LogP contribution < -0.4 is 5.84 Å². The number of hydrogen-bond acceptors (Lipinski definition) is 3. The largest absolute Gasteiger partial charge is 0.383 e. The van der Waals surface area contributed by atoms with Gasteiger partial charge in [0.1, 0.15) is 0 Å². The Balaban J connectivity index is 2.25. The maximum absolute atomic E-state index is 5.72. The van der Waals surface area contributed by atoms with E-state index in [-0.39, 0.29) is 0 Å². The number of nitrogens with two attached hydrogens (primary N) is 1. The van der Waals surface area contributed by atoms with Gasteiger partial charge in [-0.25, -0.2) is 5.01 Å². The summed E-state index contributed by atoms with van der Waals surface area (Å²) < 4.78 is 5.03. The van der Waals surface area contributed by atoms with Gasteiger partial charge in [-0.05, 0) is 12.8 Å². The Hall–Kier alpha value is -0.120. The molecule has 0 radical (unpaired) electrons. The Bertz CT molecular complexity index is 95.6. The van der Waals surface area contributed by atoms with Crippen LogP contribution in [0.3, 0.4) is 0 Å². The molecule has 0 aromatic rings. The number of ether oxygens (including phenoxy) is 1. The third-order valence-electron chi connectivity index (χ3n) is 2.03. The smallest absolute Gasteiger partial charge is 0.0631 e. The van der Waals surface area contributed by atoms with E-state index in [4.69, 9.17) is 10.6 Å². The summed E-state index contributed by atoms with van der Waals surface area (Å²) in [6.45, 7) is 1.80. The first kappa shape index (κ1) is 7.98. The summed E-state index contributed by atoms with van der Waals surface area (Å²) in [7, 11) is 1.72. The molecule has 0 spiro atoms. The second-order valence-electron chi connectivity index (χ2n) is 2.84. The van der Waals surface area contributed by atoms with Crippen molar-refractivity contribution in [1.29, 1.82) is 0 Å². The molecule has 1 heterocycles. The second-order valence-corrected chi connectivity index (χ2v) is 2.84. The van der Waals surface area contributed by atoms with Crippen LogP contribution in [-0.4, -0.2) is 31.3 Å². The lowest BCUT2D eigenvalue weighted by atomic mass is 10.1. The van der Waals surface area contributed by atoms with Crippen molar-refractivity contribution < 1.29 is 4.74 Å². The van der Waals surface area contributed by atoms with Gasteiger partial charge in [-0.15, -0.1) is 0 Å². The minimum Gasteiger partial charge on any atom is -0.383 e. The monoisotopic (exact) mass is 144 g/mol. The lowest BCUT2D eigenvalue weighted by molar-refractivity contribution is 0.0652. The van der Waals surface area contributed by atoms with Gasteiger partial charge >= 0.3 is 0 Å². The van der Waals surface area contributed by atoms with E-state index in [9.17, 15) is 0 Å². The molecule has 1 rings (SSSR count). The predicted octanol–water partition coefficient (Wildman–Crippen LogP) is 0.361. The number of hydrazine groups is 1. The molecular formula is C7H16N2O. The van der Waals surface area contributed by atoms with E-state index in [0.717, 1.165) is 13.2 Å². The van der Waals surface area contributed by atoms with E-state index in [1.807, 2.05) is 5.01 Å². The van der Waals surface area contributed by atoms with Crippen molar-refractivity contribution in [2.45, 2.75) is 25.3 Å². The van der Waals surface area contributed by atoms with Crippen LogP contribution >= 0.6 is 0 Å². The van der Waals surface area contributed by atoms with Gasteiger partial charge in [0.05, 0.1) is 6.61 Å². The van der Waals surface area contributed by atoms with Crippen LogP contribution in [-0.2, 0) is 4.74 Å². The van der Waals surface area contributed by atoms with Gasteiger partial charge in [-0.3, -0.25) is 5.84 Å². The van der Waals surface area contributed by atoms with Crippen molar-refractivity contribution in [2.75, 3.05) is 20.3 Å². The fraction of sp³-hybridized carbons (Fsp3) is 1.00. The summed E-state index contributed by atoms with van der Waals surface area (Å²) in [5.74, 6) is 5.72. The van der Waals surface area contributed by atoms with Crippen LogP contribution in [0.15, 0.2) is 0 Å². The average Bonchev–Trinajstić information content (AvgIpc) is 1.94. The van der Waals surface area contributed by atoms with Gasteiger partial charge in [0.15, 0.2) is 0 Å². The molecule has 3 heteroatoms. The molecule has 10 heavy (non-hydrogen) atoms. The lowest BCUT2D eigenvalue weighted by Crippen LogP contribution is -2.46. The van der Waals surface area contributed by atoms with Gasteiger partial charge in [0.2, 0.25) is 0 Å². The molecule has 0 saturated carbocycles. The SMILES string of the molecule is COC[C@H]1CCCCN1N. The molecule has 1 atom stereocenters. The molecule has 0 aromatic heterocycles. The molecule has 3 nitrogen and oxygen atoms in total. The first-order valence-corrected chi connectivity index (χ1v) is 3.85. The molecule has 0 amide bonds. The summed E-state index contributed by atoms with van der Waals surface area (Å²) in [5.41, 5.74) is 0. The van der Waals surface area contributed by atoms with E-state index in [0.29, 0.717) is 6.04 Å². The molecular weight excluding hydrogens is 128 g/mol. The normalized spacial score (nSPS) is 28.8. The first-order chi connectivity index (χ1) is 4.84. The maximum Gasteiger partial charge on any atom is 0.0631 e. The quantitative estimate of drug-likeness (QED) is 0.569. The van der Waals surface area contributed by atoms with Crippen LogP contribution in [0.1, 0.15) is 19.3 Å². The minimum atomic E-state index is 0.457. The molecule has 0 bridgehead atoms. The van der Waals surface area contributed by atoms with E-state index in [1.54, 1.807) is 7.11 Å². The molecule has 1 aliphatic rings. The van der Waals surface area contributed by atoms with Gasteiger partial charge < -0.3 is 4.74 Å². The summed E-state index contributed by atoms with van der Waals surface area (Å²) in [4.78, 5) is 0. The summed E-state index contributed by atoms with van der Waals surface area (Å²) >= 11 is 0. The lowest BCUT2D eigenvalue weighted by Gasteiger charge is -2.30. The molecule has 2 N–H and O–H groups in total. The van der Waals surface area contributed by atoms with E-state index in [1.165, 1.54) is 19.3 Å². The molecule has 60 valence electrons. The van der Waals surface area contributed by atoms with Gasteiger partial charge in [0, 0.05) is 19.7 Å². The zero-order chi connectivity index (χ0) is 7.40. The van der Waals surface area contributed by atoms with E-state index < -0.39 is 0 Å².